The summed E-state index contributed by atoms with van der Waals surface area (Å²) in [6.45, 7) is 0. The van der Waals surface area contributed by atoms with Gasteiger partial charge in [0.25, 0.3) is 5.91 Å². The van der Waals surface area contributed by atoms with E-state index in [1.165, 1.54) is 18.2 Å². The summed E-state index contributed by atoms with van der Waals surface area (Å²) in [6, 6.07) is 24.7. The van der Waals surface area contributed by atoms with Crippen molar-refractivity contribution < 1.29 is 13.7 Å². The Bertz CT molecular complexity index is 1090. The van der Waals surface area contributed by atoms with Gasteiger partial charge >= 0.3 is 0 Å². The zero-order chi connectivity index (χ0) is 18.6. The number of hydrogen-bond acceptors (Lipinski definition) is 3. The van der Waals surface area contributed by atoms with E-state index in [1.807, 2.05) is 54.6 Å². The van der Waals surface area contributed by atoms with Crippen LogP contribution in [0.1, 0.15) is 10.6 Å². The zero-order valence-corrected chi connectivity index (χ0v) is 14.2. The van der Waals surface area contributed by atoms with Crippen LogP contribution in [0, 0.1) is 5.82 Å². The molecule has 1 amide bonds. The lowest BCUT2D eigenvalue weighted by Crippen LogP contribution is -2.11. The van der Waals surface area contributed by atoms with E-state index >= 15 is 0 Å². The Morgan fingerprint density at radius 3 is 2.41 bits per heavy atom. The molecule has 0 unspecified atom stereocenters. The highest BCUT2D eigenvalue weighted by molar-refractivity contribution is 6.05. The highest BCUT2D eigenvalue weighted by Crippen LogP contribution is 2.28. The van der Waals surface area contributed by atoms with Gasteiger partial charge in [0.2, 0.25) is 5.76 Å². The Morgan fingerprint density at radius 2 is 1.59 bits per heavy atom. The van der Waals surface area contributed by atoms with Crippen LogP contribution in [0.5, 0.6) is 0 Å². The van der Waals surface area contributed by atoms with Crippen LogP contribution in [0.3, 0.4) is 0 Å². The lowest BCUT2D eigenvalue weighted by atomic mass is 10.0. The summed E-state index contributed by atoms with van der Waals surface area (Å²) < 4.78 is 18.5. The molecule has 0 radical (unpaired) electrons. The van der Waals surface area contributed by atoms with Gasteiger partial charge in [0.05, 0.1) is 0 Å². The number of para-hydroxylation sites is 1. The largest absolute Gasteiger partial charge is 0.350 e. The molecule has 27 heavy (non-hydrogen) atoms. The van der Waals surface area contributed by atoms with Crippen LogP contribution in [0.25, 0.3) is 22.4 Å². The molecule has 1 N–H and O–H groups in total. The lowest BCUT2D eigenvalue weighted by molar-refractivity contribution is 0.0988. The standard InChI is InChI=1S/C22H15FN2O2/c23-17-10-6-9-16(13-17)20-14-21(27-25-20)22(26)24-19-12-5-4-11-18(19)15-7-2-1-3-8-15/h1-14H,(H,24,26). The van der Waals surface area contributed by atoms with Crippen molar-refractivity contribution in [3.8, 4) is 22.4 Å². The van der Waals surface area contributed by atoms with Gasteiger partial charge in [0.1, 0.15) is 11.5 Å². The van der Waals surface area contributed by atoms with E-state index in [-0.39, 0.29) is 11.6 Å². The smallest absolute Gasteiger partial charge is 0.294 e. The van der Waals surface area contributed by atoms with Gasteiger partial charge in [0.15, 0.2) is 0 Å². The topological polar surface area (TPSA) is 55.1 Å². The Hall–Kier alpha value is -3.73. The first kappa shape index (κ1) is 16.7. The number of rotatable bonds is 4. The maximum absolute atomic E-state index is 13.4. The molecular weight excluding hydrogens is 343 g/mol. The summed E-state index contributed by atoms with van der Waals surface area (Å²) in [5.74, 6) is -0.746. The number of benzene rings is 3. The maximum Gasteiger partial charge on any atom is 0.294 e. The van der Waals surface area contributed by atoms with E-state index in [2.05, 4.69) is 10.5 Å². The van der Waals surface area contributed by atoms with Gasteiger partial charge in [-0.25, -0.2) is 4.39 Å². The van der Waals surface area contributed by atoms with Crippen LogP contribution in [0.4, 0.5) is 10.1 Å². The molecule has 0 bridgehead atoms. The van der Waals surface area contributed by atoms with E-state index < -0.39 is 5.91 Å². The molecule has 0 aliphatic carbocycles. The molecule has 1 heterocycles. The van der Waals surface area contributed by atoms with E-state index in [9.17, 15) is 9.18 Å². The Morgan fingerprint density at radius 1 is 0.852 bits per heavy atom. The third kappa shape index (κ3) is 3.62. The second kappa shape index (κ2) is 7.25. The molecule has 0 aliphatic rings. The van der Waals surface area contributed by atoms with Gasteiger partial charge < -0.3 is 9.84 Å². The first-order valence-electron chi connectivity index (χ1n) is 8.39. The average molecular weight is 358 g/mol. The van der Waals surface area contributed by atoms with E-state index in [0.29, 0.717) is 16.9 Å². The van der Waals surface area contributed by atoms with Gasteiger partial charge in [0, 0.05) is 22.9 Å². The highest BCUT2D eigenvalue weighted by atomic mass is 19.1. The van der Waals surface area contributed by atoms with Gasteiger partial charge in [-0.05, 0) is 23.8 Å². The predicted molar refractivity (Wildman–Crippen MR) is 102 cm³/mol. The number of nitrogens with one attached hydrogen (secondary N) is 1. The fraction of sp³-hybridized carbons (Fsp3) is 0. The number of aromatic nitrogens is 1. The molecule has 3 aromatic carbocycles. The summed E-state index contributed by atoms with van der Waals surface area (Å²) in [7, 11) is 0. The normalized spacial score (nSPS) is 10.6. The van der Waals surface area contributed by atoms with Gasteiger partial charge in [-0.15, -0.1) is 0 Å². The van der Waals surface area contributed by atoms with E-state index in [0.717, 1.165) is 11.1 Å². The van der Waals surface area contributed by atoms with Gasteiger partial charge in [-0.2, -0.15) is 0 Å². The maximum atomic E-state index is 13.4. The number of halogens is 1. The van der Waals surface area contributed by atoms with Crippen molar-refractivity contribution in [3.63, 3.8) is 0 Å². The molecule has 0 atom stereocenters. The van der Waals surface area contributed by atoms with Crippen molar-refractivity contribution in [2.75, 3.05) is 5.32 Å². The SMILES string of the molecule is O=C(Nc1ccccc1-c1ccccc1)c1cc(-c2cccc(F)c2)no1. The lowest BCUT2D eigenvalue weighted by Gasteiger charge is -2.10. The van der Waals surface area contributed by atoms with Crippen molar-refractivity contribution in [1.82, 2.24) is 5.16 Å². The van der Waals surface area contributed by atoms with Crippen LogP contribution in [0.15, 0.2) is 89.5 Å². The fourth-order valence-electron chi connectivity index (χ4n) is 2.81. The molecule has 132 valence electrons. The van der Waals surface area contributed by atoms with Gasteiger partial charge in [-0.3, -0.25) is 4.79 Å². The molecule has 4 nitrogen and oxygen atoms in total. The van der Waals surface area contributed by atoms with Crippen LogP contribution in [-0.2, 0) is 0 Å². The van der Waals surface area contributed by atoms with E-state index in [4.69, 9.17) is 4.52 Å². The number of carbonyl (C=O) groups excluding carboxylic acids is 1. The third-order valence-corrected chi connectivity index (χ3v) is 4.11. The van der Waals surface area contributed by atoms with Crippen LogP contribution < -0.4 is 5.32 Å². The summed E-state index contributed by atoms with van der Waals surface area (Å²) >= 11 is 0. The van der Waals surface area contributed by atoms with E-state index in [1.54, 1.807) is 12.1 Å². The molecule has 4 aromatic rings. The zero-order valence-electron chi connectivity index (χ0n) is 14.2. The number of hydrogen-bond donors (Lipinski definition) is 1. The highest BCUT2D eigenvalue weighted by Gasteiger charge is 2.16. The van der Waals surface area contributed by atoms with Gasteiger partial charge in [-0.1, -0.05) is 65.8 Å². The molecule has 5 heteroatoms. The molecule has 0 saturated carbocycles. The molecule has 0 spiro atoms. The quantitative estimate of drug-likeness (QED) is 0.531. The number of anilines is 1. The number of nitrogens with zero attached hydrogens (tertiary/aromatic N) is 1. The minimum Gasteiger partial charge on any atom is -0.350 e. The first-order valence-corrected chi connectivity index (χ1v) is 8.39. The number of carbonyl (C=O) groups is 1. The second-order valence-electron chi connectivity index (χ2n) is 5.95. The second-order valence-corrected chi connectivity index (χ2v) is 5.95. The number of amides is 1. The average Bonchev–Trinajstić information content (AvgIpc) is 3.20. The summed E-state index contributed by atoms with van der Waals surface area (Å²) in [6.07, 6.45) is 0. The van der Waals surface area contributed by atoms with Crippen LogP contribution >= 0.6 is 0 Å². The Kier molecular flexibility index (Phi) is 4.49. The molecule has 1 aromatic heterocycles. The molecule has 4 rings (SSSR count). The third-order valence-electron chi connectivity index (χ3n) is 4.11. The van der Waals surface area contributed by atoms with Crippen molar-refractivity contribution in [2.45, 2.75) is 0 Å². The minimum atomic E-state index is -0.423. The molecule has 0 fully saturated rings. The van der Waals surface area contributed by atoms with Crippen molar-refractivity contribution >= 4 is 11.6 Å². The first-order chi connectivity index (χ1) is 13.2. The van der Waals surface area contributed by atoms with Crippen molar-refractivity contribution in [3.05, 3.63) is 96.5 Å². The minimum absolute atomic E-state index is 0.0529. The monoisotopic (exact) mass is 358 g/mol. The predicted octanol–water partition coefficient (Wildman–Crippen LogP) is 5.40. The van der Waals surface area contributed by atoms with Crippen molar-refractivity contribution in [2.24, 2.45) is 0 Å². The molecular formula is C22H15FN2O2. The fourth-order valence-corrected chi connectivity index (χ4v) is 2.81. The summed E-state index contributed by atoms with van der Waals surface area (Å²) in [5.41, 5.74) is 3.50. The Labute approximate surface area is 155 Å². The summed E-state index contributed by atoms with van der Waals surface area (Å²) in [5, 5.41) is 6.72. The molecule has 0 saturated heterocycles. The van der Waals surface area contributed by atoms with Crippen LogP contribution in [0.2, 0.25) is 0 Å². The molecule has 0 aliphatic heterocycles. The van der Waals surface area contributed by atoms with Crippen LogP contribution in [-0.4, -0.2) is 11.1 Å². The summed E-state index contributed by atoms with van der Waals surface area (Å²) in [4.78, 5) is 12.6. The Balaban J connectivity index is 1.59. The van der Waals surface area contributed by atoms with Crippen molar-refractivity contribution in [1.29, 1.82) is 0 Å².